The van der Waals surface area contributed by atoms with Crippen LogP contribution in [0, 0.1) is 0 Å². The number of fused-ring (bicyclic) bond motifs is 3. The van der Waals surface area contributed by atoms with Gasteiger partial charge in [-0.05, 0) is 44.4 Å². The Kier molecular flexibility index (Phi) is 6.74. The van der Waals surface area contributed by atoms with Crippen molar-refractivity contribution in [2.45, 2.75) is 70.0 Å². The Hall–Kier alpha value is -2.54. The quantitative estimate of drug-likeness (QED) is 0.525. The molecule has 2 aliphatic rings. The number of methoxy groups -OCH3 is 2. The molecule has 1 aromatic heterocycles. The van der Waals surface area contributed by atoms with Gasteiger partial charge in [-0.3, -0.25) is 9.59 Å². The molecule has 0 spiro atoms. The third-order valence-electron chi connectivity index (χ3n) is 7.05. The third-order valence-corrected chi connectivity index (χ3v) is 7.05. The van der Waals surface area contributed by atoms with Crippen LogP contribution in [0.15, 0.2) is 24.3 Å². The molecule has 7 nitrogen and oxygen atoms in total. The van der Waals surface area contributed by atoms with Gasteiger partial charge in [-0.15, -0.1) is 0 Å². The van der Waals surface area contributed by atoms with Crippen molar-refractivity contribution >= 4 is 22.7 Å². The van der Waals surface area contributed by atoms with E-state index in [0.717, 1.165) is 42.3 Å². The van der Waals surface area contributed by atoms with E-state index >= 15 is 0 Å². The molecule has 2 amide bonds. The highest BCUT2D eigenvalue weighted by molar-refractivity contribution is 6.03. The van der Waals surface area contributed by atoms with Gasteiger partial charge in [-0.2, -0.15) is 0 Å². The van der Waals surface area contributed by atoms with Crippen LogP contribution in [-0.2, 0) is 16.1 Å². The average molecular weight is 442 g/mol. The summed E-state index contributed by atoms with van der Waals surface area (Å²) in [4.78, 5) is 29.1. The van der Waals surface area contributed by atoms with E-state index in [-0.39, 0.29) is 17.9 Å². The lowest BCUT2D eigenvalue weighted by molar-refractivity contribution is -0.133. The van der Waals surface area contributed by atoms with Gasteiger partial charge in [0.25, 0.3) is 5.91 Å². The molecule has 1 saturated carbocycles. The second-order valence-electron chi connectivity index (χ2n) is 9.28. The summed E-state index contributed by atoms with van der Waals surface area (Å²) in [6, 6.07) is 7.90. The molecule has 0 unspecified atom stereocenters. The molecule has 2 aromatic rings. The van der Waals surface area contributed by atoms with Crippen LogP contribution in [0.3, 0.4) is 0 Å². The van der Waals surface area contributed by atoms with Gasteiger partial charge >= 0.3 is 0 Å². The molecule has 0 bridgehead atoms. The number of amides is 2. The molecule has 1 N–H and O–H groups in total. The van der Waals surface area contributed by atoms with Gasteiger partial charge in [0.2, 0.25) is 5.91 Å². The molecule has 0 radical (unpaired) electrons. The predicted molar refractivity (Wildman–Crippen MR) is 124 cm³/mol. The van der Waals surface area contributed by atoms with Crippen molar-refractivity contribution in [3.63, 3.8) is 0 Å². The highest BCUT2D eigenvalue weighted by atomic mass is 16.5. The molecule has 7 heteroatoms. The van der Waals surface area contributed by atoms with Crippen LogP contribution >= 0.6 is 0 Å². The summed E-state index contributed by atoms with van der Waals surface area (Å²) in [7, 11) is 3.29. The summed E-state index contributed by atoms with van der Waals surface area (Å²) < 4.78 is 12.6. The highest BCUT2D eigenvalue weighted by Gasteiger charge is 2.47. The van der Waals surface area contributed by atoms with E-state index in [9.17, 15) is 9.59 Å². The first-order valence-electron chi connectivity index (χ1n) is 11.8. The number of nitrogens with zero attached hydrogens (tertiary/aromatic N) is 2. The summed E-state index contributed by atoms with van der Waals surface area (Å²) in [6.07, 6.45) is 7.44. The number of ether oxygens (including phenoxy) is 2. The standard InChI is InChI=1S/C25H35N3O4/c1-25(24(30)26-19-9-6-4-5-7-10-19)17-27-21-16-20(32-3)12-11-18(21)15-22(27)23(29)28(25)13-8-14-31-2/h11-12,15-16,19H,4-10,13-14,17H2,1-3H3,(H,26,30)/t25-/m1/s1. The first-order valence-corrected chi connectivity index (χ1v) is 11.8. The number of aromatic nitrogens is 1. The van der Waals surface area contributed by atoms with Crippen molar-refractivity contribution in [1.29, 1.82) is 0 Å². The third kappa shape index (κ3) is 4.22. The van der Waals surface area contributed by atoms with Crippen molar-refractivity contribution in [3.8, 4) is 5.75 Å². The van der Waals surface area contributed by atoms with Crippen molar-refractivity contribution in [2.24, 2.45) is 0 Å². The van der Waals surface area contributed by atoms with Crippen molar-refractivity contribution in [3.05, 3.63) is 30.0 Å². The molecular formula is C25H35N3O4. The van der Waals surface area contributed by atoms with Crippen LogP contribution < -0.4 is 10.1 Å². The molecule has 1 aliphatic heterocycles. The maximum absolute atomic E-state index is 13.7. The van der Waals surface area contributed by atoms with Gasteiger partial charge in [0, 0.05) is 37.8 Å². The fourth-order valence-corrected chi connectivity index (χ4v) is 5.14. The monoisotopic (exact) mass is 441 g/mol. The van der Waals surface area contributed by atoms with Crippen molar-refractivity contribution in [1.82, 2.24) is 14.8 Å². The molecule has 32 heavy (non-hydrogen) atoms. The fraction of sp³-hybridized carbons (Fsp3) is 0.600. The first-order chi connectivity index (χ1) is 15.5. The molecule has 0 saturated heterocycles. The Bertz CT molecular complexity index is 977. The van der Waals surface area contributed by atoms with Gasteiger partial charge in [-0.1, -0.05) is 25.7 Å². The smallest absolute Gasteiger partial charge is 0.271 e. The topological polar surface area (TPSA) is 72.8 Å². The van der Waals surface area contributed by atoms with E-state index in [1.807, 2.05) is 35.8 Å². The molecule has 4 rings (SSSR count). The van der Waals surface area contributed by atoms with E-state index < -0.39 is 5.54 Å². The molecule has 1 fully saturated rings. The van der Waals surface area contributed by atoms with Crippen molar-refractivity contribution in [2.75, 3.05) is 27.4 Å². The van der Waals surface area contributed by atoms with Gasteiger partial charge < -0.3 is 24.3 Å². The zero-order valence-corrected chi connectivity index (χ0v) is 19.5. The minimum Gasteiger partial charge on any atom is -0.497 e. The summed E-state index contributed by atoms with van der Waals surface area (Å²) in [5.41, 5.74) is 0.558. The fourth-order valence-electron chi connectivity index (χ4n) is 5.14. The van der Waals surface area contributed by atoms with Crippen molar-refractivity contribution < 1.29 is 19.1 Å². The van der Waals surface area contributed by atoms with Crippen LogP contribution in [0.25, 0.3) is 10.9 Å². The maximum atomic E-state index is 13.7. The number of rotatable bonds is 7. The number of hydrogen-bond donors (Lipinski definition) is 1. The van der Waals surface area contributed by atoms with Gasteiger partial charge in [0.15, 0.2) is 0 Å². The highest BCUT2D eigenvalue weighted by Crippen LogP contribution is 2.34. The average Bonchev–Trinajstić information content (AvgIpc) is 2.95. The van der Waals surface area contributed by atoms with Gasteiger partial charge in [-0.25, -0.2) is 0 Å². The van der Waals surface area contributed by atoms with Gasteiger partial charge in [0.1, 0.15) is 17.0 Å². The molecular weight excluding hydrogens is 406 g/mol. The minimum atomic E-state index is -0.973. The summed E-state index contributed by atoms with van der Waals surface area (Å²) in [5.74, 6) is 0.560. The zero-order chi connectivity index (χ0) is 22.7. The lowest BCUT2D eigenvalue weighted by Gasteiger charge is -2.44. The van der Waals surface area contributed by atoms with E-state index in [0.29, 0.717) is 31.8 Å². The first kappa shape index (κ1) is 22.6. The van der Waals surface area contributed by atoms with E-state index in [1.165, 1.54) is 12.8 Å². The Morgan fingerprint density at radius 2 is 1.91 bits per heavy atom. The lowest BCUT2D eigenvalue weighted by Crippen LogP contribution is -2.65. The van der Waals surface area contributed by atoms with E-state index in [4.69, 9.17) is 9.47 Å². The van der Waals surface area contributed by atoms with Gasteiger partial charge in [0.05, 0.1) is 19.2 Å². The van der Waals surface area contributed by atoms with Crippen LogP contribution in [0.5, 0.6) is 5.75 Å². The Balaban J connectivity index is 1.69. The lowest BCUT2D eigenvalue weighted by atomic mass is 9.93. The summed E-state index contributed by atoms with van der Waals surface area (Å²) >= 11 is 0. The molecule has 1 aliphatic carbocycles. The SMILES string of the molecule is COCCCN1C(=O)c2cc3ccc(OC)cc3n2C[C@]1(C)C(=O)NC1CCCCCC1. The zero-order valence-electron chi connectivity index (χ0n) is 19.5. The van der Waals surface area contributed by atoms with Crippen LogP contribution in [0.4, 0.5) is 0 Å². The summed E-state index contributed by atoms with van der Waals surface area (Å²) in [5, 5.41) is 4.27. The maximum Gasteiger partial charge on any atom is 0.271 e. The largest absolute Gasteiger partial charge is 0.497 e. The number of nitrogens with one attached hydrogen (secondary N) is 1. The Labute approximate surface area is 190 Å². The van der Waals surface area contributed by atoms with Crippen LogP contribution in [0.2, 0.25) is 0 Å². The number of carbonyl (C=O) groups is 2. The molecule has 2 heterocycles. The summed E-state index contributed by atoms with van der Waals surface area (Å²) in [6.45, 7) is 3.34. The Morgan fingerprint density at radius 1 is 1.16 bits per heavy atom. The number of benzene rings is 1. The Morgan fingerprint density at radius 3 is 2.59 bits per heavy atom. The normalized spacial score (nSPS) is 22.0. The van der Waals surface area contributed by atoms with Crippen LogP contribution in [0.1, 0.15) is 62.4 Å². The van der Waals surface area contributed by atoms with Crippen LogP contribution in [-0.4, -0.2) is 60.2 Å². The van der Waals surface area contributed by atoms with E-state index in [1.54, 1.807) is 19.1 Å². The molecule has 1 aromatic carbocycles. The second-order valence-corrected chi connectivity index (χ2v) is 9.28. The molecule has 174 valence electrons. The number of hydrogen-bond acceptors (Lipinski definition) is 4. The van der Waals surface area contributed by atoms with E-state index in [2.05, 4.69) is 5.32 Å². The molecule has 1 atom stereocenters. The minimum absolute atomic E-state index is 0.0643. The predicted octanol–water partition coefficient (Wildman–Crippen LogP) is 3.74. The number of carbonyl (C=O) groups excluding carboxylic acids is 2. The second kappa shape index (κ2) is 9.53.